The molecule has 1 unspecified atom stereocenters. The molecule has 0 amide bonds. The van der Waals surface area contributed by atoms with Gasteiger partial charge in [0.15, 0.2) is 11.5 Å². The minimum atomic E-state index is 0.0310. The number of H-pyrrole nitrogens is 1. The number of hydrogen-bond acceptors (Lipinski definition) is 5. The van der Waals surface area contributed by atoms with Crippen LogP contribution in [0.3, 0.4) is 0 Å². The summed E-state index contributed by atoms with van der Waals surface area (Å²) in [7, 11) is 0. The number of imidazole rings is 1. The van der Waals surface area contributed by atoms with Crippen molar-refractivity contribution in [3.8, 4) is 11.5 Å². The predicted octanol–water partition coefficient (Wildman–Crippen LogP) is 2.86. The average molecular weight is 282 g/mol. The molecule has 1 aliphatic heterocycles. The van der Waals surface area contributed by atoms with Crippen LogP contribution in [0.4, 0.5) is 5.82 Å². The van der Waals surface area contributed by atoms with Crippen molar-refractivity contribution in [3.05, 3.63) is 42.6 Å². The van der Waals surface area contributed by atoms with Crippen LogP contribution in [-0.4, -0.2) is 21.7 Å². The Morgan fingerprint density at radius 3 is 2.86 bits per heavy atom. The Morgan fingerprint density at radius 1 is 1.19 bits per heavy atom. The van der Waals surface area contributed by atoms with Crippen molar-refractivity contribution in [1.82, 2.24) is 15.0 Å². The maximum absolute atomic E-state index is 5.44. The molecule has 0 saturated carbocycles. The number of anilines is 1. The first-order valence-electron chi connectivity index (χ1n) is 6.75. The lowest BCUT2D eigenvalue weighted by Crippen LogP contribution is -2.09. The second kappa shape index (κ2) is 4.66. The van der Waals surface area contributed by atoms with Gasteiger partial charge in [0.05, 0.1) is 6.04 Å². The lowest BCUT2D eigenvalue weighted by atomic mass is 10.1. The summed E-state index contributed by atoms with van der Waals surface area (Å²) in [5, 5.41) is 5.44. The number of nitrogens with one attached hydrogen (secondary N) is 2. The van der Waals surface area contributed by atoms with Crippen LogP contribution in [0.15, 0.2) is 36.8 Å². The van der Waals surface area contributed by atoms with Gasteiger partial charge in [-0.25, -0.2) is 9.97 Å². The molecule has 0 saturated heterocycles. The lowest BCUT2D eigenvalue weighted by molar-refractivity contribution is 0.174. The van der Waals surface area contributed by atoms with Gasteiger partial charge in [-0.1, -0.05) is 0 Å². The third kappa shape index (κ3) is 2.05. The van der Waals surface area contributed by atoms with Gasteiger partial charge in [0.2, 0.25) is 6.79 Å². The Labute approximate surface area is 121 Å². The van der Waals surface area contributed by atoms with E-state index in [0.29, 0.717) is 0 Å². The summed E-state index contributed by atoms with van der Waals surface area (Å²) < 4.78 is 10.9. The number of pyridine rings is 1. The highest BCUT2D eigenvalue weighted by Gasteiger charge is 2.17. The van der Waals surface area contributed by atoms with Crippen molar-refractivity contribution >= 4 is 16.6 Å². The van der Waals surface area contributed by atoms with E-state index in [1.165, 1.54) is 0 Å². The first-order valence-corrected chi connectivity index (χ1v) is 6.75. The largest absolute Gasteiger partial charge is 0.454 e. The van der Waals surface area contributed by atoms with Gasteiger partial charge in [-0.05, 0) is 30.5 Å². The van der Waals surface area contributed by atoms with E-state index in [4.69, 9.17) is 9.47 Å². The van der Waals surface area contributed by atoms with Crippen molar-refractivity contribution in [2.45, 2.75) is 13.0 Å². The standard InChI is InChI=1S/C15H14N4O2/c1-9(14-17-4-5-18-14)19-15-11-7-13-12(20-8-21-13)6-10(11)2-3-16-15/h2-7,9H,8H2,1H3,(H,16,19)(H,17,18). The summed E-state index contributed by atoms with van der Waals surface area (Å²) in [5.74, 6) is 3.20. The SMILES string of the molecule is CC(Nc1nccc2cc3c(cc12)OCO3)c1ncc[nH]1. The van der Waals surface area contributed by atoms with Crippen LogP contribution in [0.25, 0.3) is 10.8 Å². The monoisotopic (exact) mass is 282 g/mol. The molecule has 0 fully saturated rings. The summed E-state index contributed by atoms with van der Waals surface area (Å²) in [6, 6.07) is 5.92. The van der Waals surface area contributed by atoms with Crippen molar-refractivity contribution in [2.24, 2.45) is 0 Å². The van der Waals surface area contributed by atoms with Gasteiger partial charge in [0, 0.05) is 24.0 Å². The van der Waals surface area contributed by atoms with Crippen LogP contribution in [0, 0.1) is 0 Å². The quantitative estimate of drug-likeness (QED) is 0.773. The summed E-state index contributed by atoms with van der Waals surface area (Å²) in [6.07, 6.45) is 5.33. The van der Waals surface area contributed by atoms with Gasteiger partial charge in [-0.15, -0.1) is 0 Å². The lowest BCUT2D eigenvalue weighted by Gasteiger charge is -2.14. The minimum Gasteiger partial charge on any atom is -0.454 e. The van der Waals surface area contributed by atoms with E-state index in [9.17, 15) is 0 Å². The molecule has 2 aromatic heterocycles. The summed E-state index contributed by atoms with van der Waals surface area (Å²) in [4.78, 5) is 11.8. The molecule has 0 aliphatic carbocycles. The zero-order chi connectivity index (χ0) is 14.2. The zero-order valence-corrected chi connectivity index (χ0v) is 11.5. The fraction of sp³-hybridized carbons (Fsp3) is 0.200. The van der Waals surface area contributed by atoms with Gasteiger partial charge in [-0.2, -0.15) is 0 Å². The van der Waals surface area contributed by atoms with Crippen LogP contribution in [-0.2, 0) is 0 Å². The third-order valence-electron chi connectivity index (χ3n) is 3.54. The predicted molar refractivity (Wildman–Crippen MR) is 78.5 cm³/mol. The molecule has 3 heterocycles. The Balaban J connectivity index is 1.75. The fourth-order valence-electron chi connectivity index (χ4n) is 2.47. The molecule has 4 rings (SSSR count). The van der Waals surface area contributed by atoms with Gasteiger partial charge in [-0.3, -0.25) is 0 Å². The molecule has 6 nitrogen and oxygen atoms in total. The molecule has 1 aromatic carbocycles. The number of aromatic nitrogens is 3. The molecule has 2 N–H and O–H groups in total. The second-order valence-corrected chi connectivity index (χ2v) is 4.93. The molecule has 106 valence electrons. The number of benzene rings is 1. The van der Waals surface area contributed by atoms with Crippen LogP contribution < -0.4 is 14.8 Å². The molecule has 1 aliphatic rings. The first-order chi connectivity index (χ1) is 10.3. The molecule has 21 heavy (non-hydrogen) atoms. The molecule has 1 atom stereocenters. The van der Waals surface area contributed by atoms with Gasteiger partial charge >= 0.3 is 0 Å². The van der Waals surface area contributed by atoms with Gasteiger partial charge in [0.1, 0.15) is 11.6 Å². The minimum absolute atomic E-state index is 0.0310. The van der Waals surface area contributed by atoms with Crippen LogP contribution >= 0.6 is 0 Å². The van der Waals surface area contributed by atoms with Crippen LogP contribution in [0.1, 0.15) is 18.8 Å². The fourth-order valence-corrected chi connectivity index (χ4v) is 2.47. The number of hydrogen-bond donors (Lipinski definition) is 2. The normalized spacial score (nSPS) is 14.3. The maximum atomic E-state index is 5.44. The van der Waals surface area contributed by atoms with E-state index in [0.717, 1.165) is 33.9 Å². The molecule has 0 spiro atoms. The highest BCUT2D eigenvalue weighted by atomic mass is 16.7. The number of ether oxygens (including phenoxy) is 2. The highest BCUT2D eigenvalue weighted by molar-refractivity contribution is 5.94. The number of nitrogens with zero attached hydrogens (tertiary/aromatic N) is 2. The smallest absolute Gasteiger partial charge is 0.231 e. The van der Waals surface area contributed by atoms with E-state index in [-0.39, 0.29) is 12.8 Å². The third-order valence-corrected chi connectivity index (χ3v) is 3.54. The second-order valence-electron chi connectivity index (χ2n) is 4.93. The molecule has 3 aromatic rings. The van der Waals surface area contributed by atoms with Crippen molar-refractivity contribution in [3.63, 3.8) is 0 Å². The Bertz CT molecular complexity index is 786. The van der Waals surface area contributed by atoms with Crippen molar-refractivity contribution < 1.29 is 9.47 Å². The Morgan fingerprint density at radius 2 is 2.05 bits per heavy atom. The van der Waals surface area contributed by atoms with Crippen LogP contribution in [0.2, 0.25) is 0 Å². The van der Waals surface area contributed by atoms with Gasteiger partial charge < -0.3 is 19.8 Å². The molecular weight excluding hydrogens is 268 g/mol. The Hall–Kier alpha value is -2.76. The van der Waals surface area contributed by atoms with Crippen LogP contribution in [0.5, 0.6) is 11.5 Å². The molecule has 0 radical (unpaired) electrons. The van der Waals surface area contributed by atoms with E-state index in [2.05, 4.69) is 20.3 Å². The summed E-state index contributed by atoms with van der Waals surface area (Å²) in [6.45, 7) is 2.30. The van der Waals surface area contributed by atoms with E-state index >= 15 is 0 Å². The van der Waals surface area contributed by atoms with Crippen molar-refractivity contribution in [1.29, 1.82) is 0 Å². The maximum Gasteiger partial charge on any atom is 0.231 e. The topological polar surface area (TPSA) is 72.1 Å². The number of fused-ring (bicyclic) bond motifs is 2. The number of aromatic amines is 1. The molecule has 0 bridgehead atoms. The molecule has 6 heteroatoms. The average Bonchev–Trinajstić information content (AvgIpc) is 3.16. The first kappa shape index (κ1) is 12.0. The summed E-state index contributed by atoms with van der Waals surface area (Å²) in [5.41, 5.74) is 0. The zero-order valence-electron chi connectivity index (χ0n) is 11.5. The summed E-state index contributed by atoms with van der Waals surface area (Å²) >= 11 is 0. The van der Waals surface area contributed by atoms with Gasteiger partial charge in [0.25, 0.3) is 0 Å². The van der Waals surface area contributed by atoms with E-state index < -0.39 is 0 Å². The van der Waals surface area contributed by atoms with Crippen molar-refractivity contribution in [2.75, 3.05) is 12.1 Å². The highest BCUT2D eigenvalue weighted by Crippen LogP contribution is 2.38. The van der Waals surface area contributed by atoms with E-state index in [1.54, 1.807) is 12.4 Å². The Kier molecular flexibility index (Phi) is 2.67. The molecular formula is C15H14N4O2. The number of rotatable bonds is 3. The van der Waals surface area contributed by atoms with E-state index in [1.807, 2.05) is 31.3 Å².